The summed E-state index contributed by atoms with van der Waals surface area (Å²) in [7, 11) is 0. The Hall–Kier alpha value is -0.850. The number of nitrogens with zero attached hydrogens (tertiary/aromatic N) is 2. The zero-order valence-corrected chi connectivity index (χ0v) is 14.3. The first kappa shape index (κ1) is 15.1. The monoisotopic (exact) mass is 367 g/mol. The lowest BCUT2D eigenvalue weighted by molar-refractivity contribution is 0.130. The third kappa shape index (κ3) is 3.17. The molecule has 0 fully saturated rings. The Morgan fingerprint density at radius 1 is 1.52 bits per heavy atom. The van der Waals surface area contributed by atoms with Gasteiger partial charge in [0, 0.05) is 41.2 Å². The van der Waals surface area contributed by atoms with E-state index < -0.39 is 0 Å². The lowest BCUT2D eigenvalue weighted by Gasteiger charge is -2.37. The number of nitrogens with one attached hydrogen (secondary N) is 1. The molecule has 0 saturated carbocycles. The van der Waals surface area contributed by atoms with E-state index in [1.54, 1.807) is 0 Å². The van der Waals surface area contributed by atoms with Crippen molar-refractivity contribution in [1.29, 1.82) is 5.41 Å². The van der Waals surface area contributed by atoms with Crippen LogP contribution < -0.4 is 0 Å². The van der Waals surface area contributed by atoms with Crippen molar-refractivity contribution in [2.24, 2.45) is 10.9 Å². The Kier molecular flexibility index (Phi) is 4.66. The fourth-order valence-electron chi connectivity index (χ4n) is 2.61. The third-order valence-corrected chi connectivity index (χ3v) is 5.17. The zero-order valence-electron chi connectivity index (χ0n) is 11.9. The maximum absolute atomic E-state index is 8.28. The summed E-state index contributed by atoms with van der Waals surface area (Å²) in [4.78, 5) is 7.90. The van der Waals surface area contributed by atoms with Crippen molar-refractivity contribution in [2.75, 3.05) is 26.3 Å². The average Bonchev–Trinajstić information content (AvgIpc) is 2.47. The average molecular weight is 368 g/mol. The minimum Gasteiger partial charge on any atom is -0.382 e. The molecule has 112 valence electrons. The number of hydrogen-bond acceptors (Lipinski definition) is 4. The molecule has 0 aliphatic carbocycles. The molecule has 2 aliphatic rings. The summed E-state index contributed by atoms with van der Waals surface area (Å²) in [5.74, 6) is 1.42. The Balaban J connectivity index is 1.81. The van der Waals surface area contributed by atoms with Gasteiger partial charge in [-0.15, -0.1) is 0 Å². The highest BCUT2D eigenvalue weighted by Crippen LogP contribution is 2.36. The van der Waals surface area contributed by atoms with Crippen molar-refractivity contribution in [2.45, 2.75) is 18.2 Å². The van der Waals surface area contributed by atoms with E-state index in [-0.39, 0.29) is 0 Å². The highest BCUT2D eigenvalue weighted by Gasteiger charge is 2.32. The largest absolute Gasteiger partial charge is 0.382 e. The number of ether oxygens (including phenoxy) is 1. The van der Waals surface area contributed by atoms with E-state index >= 15 is 0 Å². The lowest BCUT2D eigenvalue weighted by atomic mass is 10.0. The van der Waals surface area contributed by atoms with Crippen molar-refractivity contribution >= 4 is 38.7 Å². The molecule has 0 spiro atoms. The van der Waals surface area contributed by atoms with Crippen LogP contribution in [0.3, 0.4) is 0 Å². The van der Waals surface area contributed by atoms with Gasteiger partial charge in [0.1, 0.15) is 5.84 Å². The van der Waals surface area contributed by atoms with E-state index in [1.165, 1.54) is 11.8 Å². The highest BCUT2D eigenvalue weighted by atomic mass is 79.9. The molecule has 0 saturated heterocycles. The van der Waals surface area contributed by atoms with Gasteiger partial charge in [-0.25, -0.2) is 0 Å². The lowest BCUT2D eigenvalue weighted by Crippen LogP contribution is -2.45. The van der Waals surface area contributed by atoms with Crippen LogP contribution in [0.4, 0.5) is 0 Å². The molecular weight excluding hydrogens is 350 g/mol. The van der Waals surface area contributed by atoms with Gasteiger partial charge in [0.15, 0.2) is 5.17 Å². The first-order valence-corrected chi connectivity index (χ1v) is 8.76. The van der Waals surface area contributed by atoms with Crippen molar-refractivity contribution < 1.29 is 4.74 Å². The number of benzene rings is 1. The standard InChI is InChI=1S/C15H18BrN3OS/c1-2-20-6-5-10-8-18-14-12-4-3-11(16)7-13(12)21-15(17)19(14)9-10/h3-4,7,10,17H,2,5-6,8-9H2,1H3/t10-/m1/s1. The van der Waals surface area contributed by atoms with Gasteiger partial charge in [-0.05, 0) is 37.5 Å². The van der Waals surface area contributed by atoms with Crippen molar-refractivity contribution in [1.82, 2.24) is 4.90 Å². The Morgan fingerprint density at radius 2 is 2.38 bits per heavy atom. The van der Waals surface area contributed by atoms with Crippen molar-refractivity contribution in [3.8, 4) is 0 Å². The van der Waals surface area contributed by atoms with E-state index in [2.05, 4.69) is 28.1 Å². The predicted octanol–water partition coefficient (Wildman–Crippen LogP) is 3.59. The van der Waals surface area contributed by atoms with Gasteiger partial charge in [0.2, 0.25) is 0 Å². The van der Waals surface area contributed by atoms with Gasteiger partial charge in [-0.2, -0.15) is 0 Å². The van der Waals surface area contributed by atoms with Gasteiger partial charge < -0.3 is 9.64 Å². The molecule has 0 radical (unpaired) electrons. The number of halogens is 1. The van der Waals surface area contributed by atoms with Crippen LogP contribution in [0.1, 0.15) is 18.9 Å². The van der Waals surface area contributed by atoms with Crippen LogP contribution in [0.5, 0.6) is 0 Å². The molecular formula is C15H18BrN3OS. The van der Waals surface area contributed by atoms with Gasteiger partial charge in [0.05, 0.1) is 0 Å². The molecule has 0 amide bonds. The summed E-state index contributed by atoms with van der Waals surface area (Å²) in [6, 6.07) is 6.19. The van der Waals surface area contributed by atoms with Crippen LogP contribution in [-0.2, 0) is 4.74 Å². The molecule has 1 atom stereocenters. The second-order valence-electron chi connectivity index (χ2n) is 5.17. The summed E-state index contributed by atoms with van der Waals surface area (Å²) in [5.41, 5.74) is 1.14. The summed E-state index contributed by atoms with van der Waals surface area (Å²) < 4.78 is 6.48. The summed E-state index contributed by atoms with van der Waals surface area (Å²) >= 11 is 5.00. The topological polar surface area (TPSA) is 48.7 Å². The van der Waals surface area contributed by atoms with E-state index in [9.17, 15) is 0 Å². The fourth-order valence-corrected chi connectivity index (χ4v) is 4.06. The number of amidine groups is 2. The van der Waals surface area contributed by atoms with Crippen LogP contribution in [0.15, 0.2) is 32.6 Å². The van der Waals surface area contributed by atoms with Crippen LogP contribution in [-0.4, -0.2) is 42.2 Å². The van der Waals surface area contributed by atoms with Crippen LogP contribution in [0.2, 0.25) is 0 Å². The summed E-state index contributed by atoms with van der Waals surface area (Å²) in [6.45, 7) is 5.26. The second kappa shape index (κ2) is 6.50. The molecule has 0 aromatic heterocycles. The molecule has 1 aromatic carbocycles. The van der Waals surface area contributed by atoms with Gasteiger partial charge in [-0.3, -0.25) is 10.4 Å². The quantitative estimate of drug-likeness (QED) is 0.827. The molecule has 3 rings (SSSR count). The zero-order chi connectivity index (χ0) is 14.8. The second-order valence-corrected chi connectivity index (χ2v) is 7.12. The number of fused-ring (bicyclic) bond motifs is 3. The summed E-state index contributed by atoms with van der Waals surface area (Å²) in [6.07, 6.45) is 1.01. The SMILES string of the molecule is CCOCC[C@@H]1CN=C2c3ccc(Br)cc3SC(=N)N2C1. The molecule has 6 heteroatoms. The molecule has 0 bridgehead atoms. The van der Waals surface area contributed by atoms with Gasteiger partial charge in [-0.1, -0.05) is 27.7 Å². The van der Waals surface area contributed by atoms with E-state index in [0.717, 1.165) is 53.5 Å². The molecule has 2 heterocycles. The molecule has 2 aliphatic heterocycles. The normalized spacial score (nSPS) is 20.9. The maximum Gasteiger partial charge on any atom is 0.166 e. The smallest absolute Gasteiger partial charge is 0.166 e. The molecule has 1 N–H and O–H groups in total. The number of rotatable bonds is 4. The van der Waals surface area contributed by atoms with Crippen molar-refractivity contribution in [3.63, 3.8) is 0 Å². The Bertz CT molecular complexity index is 590. The number of hydrogen-bond donors (Lipinski definition) is 1. The fraction of sp³-hybridized carbons (Fsp3) is 0.467. The number of thioether (sulfide) groups is 1. The number of aliphatic imine (C=N–C) groups is 1. The van der Waals surface area contributed by atoms with E-state index in [4.69, 9.17) is 15.1 Å². The molecule has 0 unspecified atom stereocenters. The Labute approximate surface area is 137 Å². The Morgan fingerprint density at radius 3 is 3.19 bits per heavy atom. The van der Waals surface area contributed by atoms with Crippen LogP contribution in [0, 0.1) is 11.3 Å². The van der Waals surface area contributed by atoms with Crippen molar-refractivity contribution in [3.05, 3.63) is 28.2 Å². The van der Waals surface area contributed by atoms with Gasteiger partial charge in [0.25, 0.3) is 0 Å². The van der Waals surface area contributed by atoms with Crippen LogP contribution >= 0.6 is 27.7 Å². The van der Waals surface area contributed by atoms with E-state index in [1.807, 2.05) is 17.9 Å². The molecule has 21 heavy (non-hydrogen) atoms. The third-order valence-electron chi connectivity index (χ3n) is 3.71. The maximum atomic E-state index is 8.28. The minimum atomic E-state index is 0.471. The van der Waals surface area contributed by atoms with Crippen LogP contribution in [0.25, 0.3) is 0 Å². The van der Waals surface area contributed by atoms with Gasteiger partial charge >= 0.3 is 0 Å². The highest BCUT2D eigenvalue weighted by molar-refractivity contribution is 9.10. The summed E-state index contributed by atoms with van der Waals surface area (Å²) in [5, 5.41) is 8.85. The molecule has 4 nitrogen and oxygen atoms in total. The first-order chi connectivity index (χ1) is 10.2. The van der Waals surface area contributed by atoms with E-state index in [0.29, 0.717) is 11.1 Å². The minimum absolute atomic E-state index is 0.471. The molecule has 1 aromatic rings. The first-order valence-electron chi connectivity index (χ1n) is 7.15. The predicted molar refractivity (Wildman–Crippen MR) is 90.4 cm³/mol.